The lowest BCUT2D eigenvalue weighted by atomic mass is 10.0. The molecule has 1 atom stereocenters. The van der Waals surface area contributed by atoms with Gasteiger partial charge in [0.05, 0.1) is 11.6 Å². The second kappa shape index (κ2) is 6.04. The van der Waals surface area contributed by atoms with Crippen LogP contribution in [0, 0.1) is 0 Å². The van der Waals surface area contributed by atoms with Crippen LogP contribution < -0.4 is 10.5 Å². The number of nitrogens with zero attached hydrogens (tertiary/aromatic N) is 1. The highest BCUT2D eigenvalue weighted by Crippen LogP contribution is 2.35. The summed E-state index contributed by atoms with van der Waals surface area (Å²) in [5.74, 6) is 0.865. The normalized spacial score (nSPS) is 16.9. The van der Waals surface area contributed by atoms with E-state index in [1.54, 1.807) is 7.11 Å². The van der Waals surface area contributed by atoms with Gasteiger partial charge in [0, 0.05) is 18.6 Å². The number of ether oxygens (including phenoxy) is 1. The summed E-state index contributed by atoms with van der Waals surface area (Å²) in [4.78, 5) is 2.51. The summed E-state index contributed by atoms with van der Waals surface area (Å²) >= 11 is 3.54. The molecule has 0 amide bonds. The van der Waals surface area contributed by atoms with E-state index in [2.05, 4.69) is 39.9 Å². The van der Waals surface area contributed by atoms with E-state index in [0.29, 0.717) is 12.6 Å². The van der Waals surface area contributed by atoms with Crippen molar-refractivity contribution in [3.63, 3.8) is 0 Å². The van der Waals surface area contributed by atoms with Crippen LogP contribution in [-0.4, -0.2) is 31.1 Å². The van der Waals surface area contributed by atoms with Crippen LogP contribution in [0.2, 0.25) is 0 Å². The van der Waals surface area contributed by atoms with Gasteiger partial charge in [0.15, 0.2) is 0 Å². The van der Waals surface area contributed by atoms with Crippen LogP contribution in [0.3, 0.4) is 0 Å². The largest absolute Gasteiger partial charge is 0.496 e. The van der Waals surface area contributed by atoms with Crippen molar-refractivity contribution in [2.75, 3.05) is 20.2 Å². The monoisotopic (exact) mass is 312 g/mol. The molecule has 0 aliphatic heterocycles. The smallest absolute Gasteiger partial charge is 0.133 e. The minimum Gasteiger partial charge on any atom is -0.496 e. The van der Waals surface area contributed by atoms with Crippen molar-refractivity contribution >= 4 is 15.9 Å². The fourth-order valence-electron chi connectivity index (χ4n) is 2.49. The van der Waals surface area contributed by atoms with Crippen molar-refractivity contribution in [2.45, 2.75) is 31.8 Å². The third-order valence-corrected chi connectivity index (χ3v) is 4.18. The second-order valence-corrected chi connectivity index (χ2v) is 5.56. The number of benzene rings is 1. The van der Waals surface area contributed by atoms with E-state index in [-0.39, 0.29) is 0 Å². The third kappa shape index (κ3) is 2.87. The zero-order valence-corrected chi connectivity index (χ0v) is 12.6. The van der Waals surface area contributed by atoms with Crippen LogP contribution in [0.5, 0.6) is 5.75 Å². The maximum atomic E-state index is 5.98. The van der Waals surface area contributed by atoms with Gasteiger partial charge in [0.2, 0.25) is 0 Å². The SMILES string of the molecule is CCN(C1CC1)C(CN)c1ccc(OC)c(Br)c1. The Labute approximate surface area is 117 Å². The highest BCUT2D eigenvalue weighted by Gasteiger charge is 2.33. The summed E-state index contributed by atoms with van der Waals surface area (Å²) in [6.07, 6.45) is 2.61. The molecule has 0 saturated heterocycles. The van der Waals surface area contributed by atoms with Gasteiger partial charge < -0.3 is 10.5 Å². The van der Waals surface area contributed by atoms with E-state index in [0.717, 1.165) is 22.8 Å². The molecule has 3 nitrogen and oxygen atoms in total. The van der Waals surface area contributed by atoms with Crippen molar-refractivity contribution < 1.29 is 4.74 Å². The lowest BCUT2D eigenvalue weighted by molar-refractivity contribution is 0.202. The standard InChI is InChI=1S/C14H21BrN2O/c1-3-17(11-5-6-11)13(9-16)10-4-7-14(18-2)12(15)8-10/h4,7-8,11,13H,3,5-6,9,16H2,1-2H3. The Balaban J connectivity index is 2.23. The molecular formula is C14H21BrN2O. The molecule has 1 fully saturated rings. The fraction of sp³-hybridized carbons (Fsp3) is 0.571. The van der Waals surface area contributed by atoms with E-state index < -0.39 is 0 Å². The number of methoxy groups -OCH3 is 1. The van der Waals surface area contributed by atoms with Crippen molar-refractivity contribution in [1.82, 2.24) is 4.90 Å². The molecule has 0 spiro atoms. The van der Waals surface area contributed by atoms with Crippen LogP contribution >= 0.6 is 15.9 Å². The van der Waals surface area contributed by atoms with E-state index >= 15 is 0 Å². The average molecular weight is 313 g/mol. The van der Waals surface area contributed by atoms with Crippen molar-refractivity contribution in [3.05, 3.63) is 28.2 Å². The van der Waals surface area contributed by atoms with Crippen LogP contribution in [0.15, 0.2) is 22.7 Å². The lowest BCUT2D eigenvalue weighted by Crippen LogP contribution is -2.35. The summed E-state index contributed by atoms with van der Waals surface area (Å²) < 4.78 is 6.26. The number of hydrogen-bond donors (Lipinski definition) is 1. The maximum Gasteiger partial charge on any atom is 0.133 e. The van der Waals surface area contributed by atoms with Gasteiger partial charge in [-0.3, -0.25) is 4.90 Å². The molecule has 2 N–H and O–H groups in total. The van der Waals surface area contributed by atoms with E-state index in [9.17, 15) is 0 Å². The molecule has 0 heterocycles. The second-order valence-electron chi connectivity index (χ2n) is 4.71. The summed E-state index contributed by atoms with van der Waals surface area (Å²) in [5, 5.41) is 0. The Morgan fingerprint density at radius 3 is 2.67 bits per heavy atom. The van der Waals surface area contributed by atoms with Gasteiger partial charge in [-0.15, -0.1) is 0 Å². The van der Waals surface area contributed by atoms with E-state index in [1.165, 1.54) is 18.4 Å². The molecule has 1 unspecified atom stereocenters. The van der Waals surface area contributed by atoms with Crippen LogP contribution in [0.1, 0.15) is 31.4 Å². The van der Waals surface area contributed by atoms with Gasteiger partial charge in [0.25, 0.3) is 0 Å². The van der Waals surface area contributed by atoms with Gasteiger partial charge in [-0.1, -0.05) is 13.0 Å². The summed E-state index contributed by atoms with van der Waals surface area (Å²) in [7, 11) is 1.68. The quantitative estimate of drug-likeness (QED) is 0.877. The molecule has 100 valence electrons. The number of rotatable bonds is 6. The summed E-state index contributed by atoms with van der Waals surface area (Å²) in [5.41, 5.74) is 7.24. The highest BCUT2D eigenvalue weighted by atomic mass is 79.9. The molecule has 1 aromatic carbocycles. The molecule has 4 heteroatoms. The zero-order valence-electron chi connectivity index (χ0n) is 11.0. The minimum atomic E-state index is 0.310. The highest BCUT2D eigenvalue weighted by molar-refractivity contribution is 9.10. The Hall–Kier alpha value is -0.580. The van der Waals surface area contributed by atoms with Gasteiger partial charge in [-0.2, -0.15) is 0 Å². The Bertz CT molecular complexity index is 407. The predicted molar refractivity (Wildman–Crippen MR) is 77.9 cm³/mol. The van der Waals surface area contributed by atoms with E-state index in [4.69, 9.17) is 10.5 Å². The Morgan fingerprint density at radius 2 is 2.22 bits per heavy atom. The van der Waals surface area contributed by atoms with E-state index in [1.807, 2.05) is 6.07 Å². The molecule has 0 radical (unpaired) electrons. The Morgan fingerprint density at radius 1 is 1.50 bits per heavy atom. The van der Waals surface area contributed by atoms with Crippen LogP contribution in [0.25, 0.3) is 0 Å². The molecule has 1 aliphatic carbocycles. The number of likely N-dealkylation sites (N-methyl/N-ethyl adjacent to an activating group) is 1. The van der Waals surface area contributed by atoms with Crippen molar-refractivity contribution in [3.8, 4) is 5.75 Å². The molecule has 1 aromatic rings. The lowest BCUT2D eigenvalue weighted by Gasteiger charge is -2.30. The minimum absolute atomic E-state index is 0.310. The molecule has 1 saturated carbocycles. The first-order valence-electron chi connectivity index (χ1n) is 6.50. The number of hydrogen-bond acceptors (Lipinski definition) is 3. The molecular weight excluding hydrogens is 292 g/mol. The topological polar surface area (TPSA) is 38.5 Å². The third-order valence-electron chi connectivity index (χ3n) is 3.57. The first-order chi connectivity index (χ1) is 8.71. The number of nitrogens with two attached hydrogens (primary N) is 1. The molecule has 18 heavy (non-hydrogen) atoms. The summed E-state index contributed by atoms with van der Waals surface area (Å²) in [6.45, 7) is 3.92. The van der Waals surface area contributed by atoms with Crippen LogP contribution in [0.4, 0.5) is 0 Å². The summed E-state index contributed by atoms with van der Waals surface area (Å²) in [6, 6.07) is 7.28. The van der Waals surface area contributed by atoms with Crippen molar-refractivity contribution in [1.29, 1.82) is 0 Å². The molecule has 0 bridgehead atoms. The predicted octanol–water partition coefficient (Wildman–Crippen LogP) is 2.94. The molecule has 0 aromatic heterocycles. The molecule has 2 rings (SSSR count). The van der Waals surface area contributed by atoms with Gasteiger partial charge >= 0.3 is 0 Å². The van der Waals surface area contributed by atoms with Gasteiger partial charge in [-0.05, 0) is 53.0 Å². The first kappa shape index (κ1) is 13.8. The average Bonchev–Trinajstić information content (AvgIpc) is 3.20. The zero-order chi connectivity index (χ0) is 13.1. The maximum absolute atomic E-state index is 5.98. The molecule has 1 aliphatic rings. The Kier molecular flexibility index (Phi) is 4.65. The van der Waals surface area contributed by atoms with Gasteiger partial charge in [0.1, 0.15) is 5.75 Å². The fourth-order valence-corrected chi connectivity index (χ4v) is 3.05. The number of halogens is 1. The van der Waals surface area contributed by atoms with Crippen LogP contribution in [-0.2, 0) is 0 Å². The first-order valence-corrected chi connectivity index (χ1v) is 7.29. The van der Waals surface area contributed by atoms with Crippen molar-refractivity contribution in [2.24, 2.45) is 5.73 Å². The van der Waals surface area contributed by atoms with Gasteiger partial charge in [-0.25, -0.2) is 0 Å².